The van der Waals surface area contributed by atoms with E-state index in [1.807, 2.05) is 6.07 Å². The second-order valence-corrected chi connectivity index (χ2v) is 3.98. The van der Waals surface area contributed by atoms with Gasteiger partial charge in [0.05, 0.1) is 24.9 Å². The first-order chi connectivity index (χ1) is 9.67. The monoisotopic (exact) mass is 291 g/mol. The third-order valence-electron chi connectivity index (χ3n) is 2.34. The summed E-state index contributed by atoms with van der Waals surface area (Å²) in [5.74, 6) is 6.27. The summed E-state index contributed by atoms with van der Waals surface area (Å²) in [4.78, 5) is 7.82. The molecule has 0 saturated heterocycles. The molecule has 1 aromatic carbocycles. The zero-order chi connectivity index (χ0) is 14.5. The molecule has 0 aliphatic carbocycles. The van der Waals surface area contributed by atoms with E-state index < -0.39 is 0 Å². The Hall–Kier alpha value is -2.56. The number of rotatable bonds is 4. The molecule has 2 rings (SSSR count). The third kappa shape index (κ3) is 2.88. The fourth-order valence-corrected chi connectivity index (χ4v) is 1.55. The van der Waals surface area contributed by atoms with Crippen molar-refractivity contribution in [3.05, 3.63) is 35.0 Å². The van der Waals surface area contributed by atoms with Gasteiger partial charge < -0.3 is 9.47 Å². The predicted octanol–water partition coefficient (Wildman–Crippen LogP) is 2.09. The number of nitrogens with two attached hydrogens (primary N) is 1. The molecular formula is C12H10ClN5O2. The lowest BCUT2D eigenvalue weighted by Gasteiger charge is -2.11. The molecule has 0 aliphatic rings. The Kier molecular flexibility index (Phi) is 4.20. The smallest absolute Gasteiger partial charge is 0.243 e. The molecule has 0 radical (unpaired) electrons. The molecule has 7 nitrogen and oxygen atoms in total. The lowest BCUT2D eigenvalue weighted by molar-refractivity contribution is 0.374. The number of benzene rings is 1. The van der Waals surface area contributed by atoms with Crippen LogP contribution in [0.3, 0.4) is 0 Å². The molecular weight excluding hydrogens is 282 g/mol. The van der Waals surface area contributed by atoms with Gasteiger partial charge in [0.15, 0.2) is 11.5 Å². The van der Waals surface area contributed by atoms with E-state index in [0.717, 1.165) is 0 Å². The molecule has 2 aromatic rings. The van der Waals surface area contributed by atoms with Gasteiger partial charge in [-0.05, 0) is 12.1 Å². The largest absolute Gasteiger partial charge is 0.493 e. The molecule has 3 N–H and O–H groups in total. The summed E-state index contributed by atoms with van der Waals surface area (Å²) in [6, 6.07) is 6.74. The molecule has 0 bridgehead atoms. The second-order valence-electron chi connectivity index (χ2n) is 3.57. The number of hydrogen-bond acceptors (Lipinski definition) is 7. The van der Waals surface area contributed by atoms with E-state index in [1.54, 1.807) is 18.2 Å². The molecule has 1 aromatic heterocycles. The molecule has 0 spiro atoms. The van der Waals surface area contributed by atoms with E-state index in [1.165, 1.54) is 13.3 Å². The second kappa shape index (κ2) is 6.06. The lowest BCUT2D eigenvalue weighted by Crippen LogP contribution is -2.10. The number of nitrogens with one attached hydrogen (secondary N) is 1. The van der Waals surface area contributed by atoms with Crippen LogP contribution in [0.25, 0.3) is 0 Å². The predicted molar refractivity (Wildman–Crippen MR) is 72.6 cm³/mol. The van der Waals surface area contributed by atoms with Crippen molar-refractivity contribution in [2.24, 2.45) is 5.84 Å². The van der Waals surface area contributed by atoms with Gasteiger partial charge in [-0.2, -0.15) is 10.2 Å². The maximum absolute atomic E-state index is 8.84. The van der Waals surface area contributed by atoms with Crippen molar-refractivity contribution in [3.63, 3.8) is 0 Å². The molecule has 102 valence electrons. The number of anilines is 1. The zero-order valence-corrected chi connectivity index (χ0v) is 11.2. The van der Waals surface area contributed by atoms with Gasteiger partial charge in [-0.3, -0.25) is 5.43 Å². The topological polar surface area (TPSA) is 106 Å². The summed E-state index contributed by atoms with van der Waals surface area (Å²) in [6.45, 7) is 0. The van der Waals surface area contributed by atoms with Gasteiger partial charge in [-0.1, -0.05) is 11.6 Å². The quantitative estimate of drug-likeness (QED) is 0.656. The molecule has 0 fully saturated rings. The summed E-state index contributed by atoms with van der Waals surface area (Å²) in [6.07, 6.45) is 1.36. The first-order valence-corrected chi connectivity index (χ1v) is 5.81. The van der Waals surface area contributed by atoms with Crippen molar-refractivity contribution in [3.8, 4) is 23.4 Å². The van der Waals surface area contributed by atoms with Crippen molar-refractivity contribution >= 4 is 17.5 Å². The van der Waals surface area contributed by atoms with Crippen molar-refractivity contribution in [2.75, 3.05) is 12.5 Å². The fourth-order valence-electron chi connectivity index (χ4n) is 1.42. The third-order valence-corrected chi connectivity index (χ3v) is 2.60. The molecule has 1 heterocycles. The Balaban J connectivity index is 2.37. The molecule has 0 atom stereocenters. The Morgan fingerprint density at radius 3 is 2.85 bits per heavy atom. The highest BCUT2D eigenvalue weighted by Crippen LogP contribution is 2.34. The van der Waals surface area contributed by atoms with Gasteiger partial charge in [0, 0.05) is 6.07 Å². The van der Waals surface area contributed by atoms with Crippen LogP contribution in [0.1, 0.15) is 5.56 Å². The number of nitriles is 1. The standard InChI is InChI=1S/C12H10ClN5O2/c1-19-10-4-7(5-14)2-3-9(10)20-11-8(13)6-16-12(17-11)18-15/h2-4,6H,15H2,1H3,(H,16,17,18). The number of methoxy groups -OCH3 is 1. The maximum Gasteiger partial charge on any atom is 0.243 e. The minimum absolute atomic E-state index is 0.123. The minimum Gasteiger partial charge on any atom is -0.493 e. The maximum atomic E-state index is 8.84. The van der Waals surface area contributed by atoms with Crippen LogP contribution in [0.2, 0.25) is 5.02 Å². The number of nitrogen functional groups attached to an aromatic ring is 1. The summed E-state index contributed by atoms with van der Waals surface area (Å²) in [5.41, 5.74) is 2.74. The van der Waals surface area contributed by atoms with Crippen LogP contribution < -0.4 is 20.7 Å². The fraction of sp³-hybridized carbons (Fsp3) is 0.0833. The Bertz CT molecular complexity index is 671. The normalized spacial score (nSPS) is 9.70. The molecule has 0 amide bonds. The van der Waals surface area contributed by atoms with Crippen LogP contribution in [-0.2, 0) is 0 Å². The van der Waals surface area contributed by atoms with Crippen LogP contribution in [0.4, 0.5) is 5.95 Å². The first-order valence-electron chi connectivity index (χ1n) is 5.43. The van der Waals surface area contributed by atoms with Crippen molar-refractivity contribution in [2.45, 2.75) is 0 Å². The summed E-state index contributed by atoms with van der Waals surface area (Å²) < 4.78 is 10.7. The molecule has 8 heteroatoms. The number of aromatic nitrogens is 2. The summed E-state index contributed by atoms with van der Waals surface area (Å²) >= 11 is 5.95. The van der Waals surface area contributed by atoms with E-state index in [-0.39, 0.29) is 16.9 Å². The number of nitrogens with zero attached hydrogens (tertiary/aromatic N) is 3. The highest BCUT2D eigenvalue weighted by atomic mass is 35.5. The van der Waals surface area contributed by atoms with E-state index in [0.29, 0.717) is 17.1 Å². The highest BCUT2D eigenvalue weighted by molar-refractivity contribution is 6.31. The molecule has 0 aliphatic heterocycles. The van der Waals surface area contributed by atoms with Gasteiger partial charge in [-0.15, -0.1) is 0 Å². The van der Waals surface area contributed by atoms with Crippen LogP contribution in [0.15, 0.2) is 24.4 Å². The Labute approximate surface area is 119 Å². The lowest BCUT2D eigenvalue weighted by atomic mass is 10.2. The van der Waals surface area contributed by atoms with Gasteiger partial charge in [0.2, 0.25) is 11.8 Å². The van der Waals surface area contributed by atoms with E-state index >= 15 is 0 Å². The van der Waals surface area contributed by atoms with Crippen LogP contribution >= 0.6 is 11.6 Å². The Morgan fingerprint density at radius 1 is 1.40 bits per heavy atom. The average molecular weight is 292 g/mol. The molecule has 0 saturated carbocycles. The number of ether oxygens (including phenoxy) is 2. The van der Waals surface area contributed by atoms with Gasteiger partial charge in [0.25, 0.3) is 0 Å². The average Bonchev–Trinajstić information content (AvgIpc) is 2.49. The van der Waals surface area contributed by atoms with Gasteiger partial charge in [0.1, 0.15) is 5.02 Å². The van der Waals surface area contributed by atoms with Crippen molar-refractivity contribution < 1.29 is 9.47 Å². The highest BCUT2D eigenvalue weighted by Gasteiger charge is 2.12. The van der Waals surface area contributed by atoms with Gasteiger partial charge >= 0.3 is 0 Å². The molecule has 20 heavy (non-hydrogen) atoms. The first kappa shape index (κ1) is 13.9. The van der Waals surface area contributed by atoms with Crippen LogP contribution in [-0.4, -0.2) is 17.1 Å². The van der Waals surface area contributed by atoms with E-state index in [2.05, 4.69) is 15.4 Å². The van der Waals surface area contributed by atoms with E-state index in [9.17, 15) is 0 Å². The zero-order valence-electron chi connectivity index (χ0n) is 10.4. The van der Waals surface area contributed by atoms with Crippen molar-refractivity contribution in [1.29, 1.82) is 5.26 Å². The number of halogens is 1. The van der Waals surface area contributed by atoms with Gasteiger partial charge in [-0.25, -0.2) is 10.8 Å². The molecule has 0 unspecified atom stereocenters. The number of hydrazine groups is 1. The summed E-state index contributed by atoms with van der Waals surface area (Å²) in [7, 11) is 1.47. The number of hydrogen-bond donors (Lipinski definition) is 2. The summed E-state index contributed by atoms with van der Waals surface area (Å²) in [5, 5.41) is 9.06. The van der Waals surface area contributed by atoms with E-state index in [4.69, 9.17) is 32.2 Å². The SMILES string of the molecule is COc1cc(C#N)ccc1Oc1nc(NN)ncc1Cl. The van der Waals surface area contributed by atoms with Crippen molar-refractivity contribution in [1.82, 2.24) is 9.97 Å². The minimum atomic E-state index is 0.123. The van der Waals surface area contributed by atoms with Crippen LogP contribution in [0, 0.1) is 11.3 Å². The van der Waals surface area contributed by atoms with Crippen LogP contribution in [0.5, 0.6) is 17.4 Å². The Morgan fingerprint density at radius 2 is 2.20 bits per heavy atom.